The molecule has 0 saturated carbocycles. The Morgan fingerprint density at radius 3 is 2.04 bits per heavy atom. The van der Waals surface area contributed by atoms with E-state index in [-0.39, 0.29) is 5.92 Å². The van der Waals surface area contributed by atoms with Crippen LogP contribution in [0.4, 0.5) is 0 Å². The molecule has 134 valence electrons. The van der Waals surface area contributed by atoms with Crippen molar-refractivity contribution >= 4 is 10.8 Å². The topological polar surface area (TPSA) is 20.2 Å². The fourth-order valence-electron chi connectivity index (χ4n) is 4.13. The Hall–Kier alpha value is -2.90. The summed E-state index contributed by atoms with van der Waals surface area (Å²) in [5.74, 6) is -0.120. The third kappa shape index (κ3) is 3.65. The molecule has 4 rings (SSSR count). The van der Waals surface area contributed by atoms with Gasteiger partial charge in [-0.25, -0.2) is 0 Å². The Morgan fingerprint density at radius 2 is 1.30 bits per heavy atom. The smallest absolute Gasteiger partial charge is 0.0768 e. The molecule has 2 unspecified atom stereocenters. The summed E-state index contributed by atoms with van der Waals surface area (Å²) in [5, 5.41) is 14.1. The van der Waals surface area contributed by atoms with Crippen molar-refractivity contribution in [2.75, 3.05) is 0 Å². The van der Waals surface area contributed by atoms with Gasteiger partial charge in [-0.05, 0) is 34.4 Å². The lowest BCUT2D eigenvalue weighted by Gasteiger charge is -2.35. The third-order valence-electron chi connectivity index (χ3n) is 5.29. The summed E-state index contributed by atoms with van der Waals surface area (Å²) in [6, 6.07) is 35.4. The Labute approximate surface area is 160 Å². The van der Waals surface area contributed by atoms with Crippen LogP contribution in [0.2, 0.25) is 0 Å². The molecule has 0 bridgehead atoms. The molecule has 2 atom stereocenters. The molecular weight excluding hydrogens is 328 g/mol. The van der Waals surface area contributed by atoms with Crippen molar-refractivity contribution in [3.8, 4) is 0 Å². The summed E-state index contributed by atoms with van der Waals surface area (Å²) >= 11 is 0. The lowest BCUT2D eigenvalue weighted by Crippen LogP contribution is -2.36. The molecule has 1 nitrogen and oxygen atoms in total. The Morgan fingerprint density at radius 1 is 0.704 bits per heavy atom. The maximum atomic E-state index is 11.7. The first kappa shape index (κ1) is 17.5. The van der Waals surface area contributed by atoms with Gasteiger partial charge in [0, 0.05) is 12.3 Å². The van der Waals surface area contributed by atoms with Gasteiger partial charge < -0.3 is 5.11 Å². The van der Waals surface area contributed by atoms with Gasteiger partial charge in [0.25, 0.3) is 0 Å². The van der Waals surface area contributed by atoms with Crippen LogP contribution in [0.3, 0.4) is 0 Å². The molecule has 0 radical (unpaired) electrons. The van der Waals surface area contributed by atoms with Gasteiger partial charge in [0.1, 0.15) is 0 Å². The lowest BCUT2D eigenvalue weighted by atomic mass is 9.74. The predicted octanol–water partition coefficient (Wildman–Crippen LogP) is 5.97. The van der Waals surface area contributed by atoms with Crippen LogP contribution in [0, 0.1) is 0 Å². The Kier molecular flexibility index (Phi) is 4.79. The Balaban J connectivity index is 1.87. The highest BCUT2D eigenvalue weighted by Crippen LogP contribution is 2.40. The minimum atomic E-state index is -0.924. The van der Waals surface area contributed by atoms with Crippen molar-refractivity contribution in [3.05, 3.63) is 120 Å². The normalized spacial score (nSPS) is 14.6. The first-order valence-electron chi connectivity index (χ1n) is 9.44. The zero-order chi connectivity index (χ0) is 18.7. The van der Waals surface area contributed by atoms with Crippen molar-refractivity contribution in [2.45, 2.75) is 24.9 Å². The number of hydrogen-bond donors (Lipinski definition) is 1. The minimum Gasteiger partial charge on any atom is -0.389 e. The first-order valence-corrected chi connectivity index (χ1v) is 9.44. The van der Waals surface area contributed by atoms with Crippen LogP contribution in [0.1, 0.15) is 29.5 Å². The third-order valence-corrected chi connectivity index (χ3v) is 5.29. The fourth-order valence-corrected chi connectivity index (χ4v) is 4.13. The first-order chi connectivity index (χ1) is 13.1. The van der Waals surface area contributed by atoms with E-state index < -0.39 is 5.60 Å². The van der Waals surface area contributed by atoms with Gasteiger partial charge in [0.05, 0.1) is 5.60 Å². The molecule has 1 heteroatoms. The predicted molar refractivity (Wildman–Crippen MR) is 113 cm³/mol. The van der Waals surface area contributed by atoms with Crippen LogP contribution < -0.4 is 0 Å². The molecule has 0 saturated heterocycles. The van der Waals surface area contributed by atoms with E-state index in [1.807, 2.05) is 43.3 Å². The second-order valence-electron chi connectivity index (χ2n) is 7.43. The second kappa shape index (κ2) is 7.38. The molecule has 4 aromatic carbocycles. The molecule has 4 aromatic rings. The van der Waals surface area contributed by atoms with Crippen LogP contribution in [0.15, 0.2) is 103 Å². The molecule has 0 amide bonds. The zero-order valence-corrected chi connectivity index (χ0v) is 15.5. The molecule has 27 heavy (non-hydrogen) atoms. The highest BCUT2D eigenvalue weighted by atomic mass is 16.3. The summed E-state index contributed by atoms with van der Waals surface area (Å²) in [7, 11) is 0. The highest BCUT2D eigenvalue weighted by Gasteiger charge is 2.35. The highest BCUT2D eigenvalue weighted by molar-refractivity contribution is 5.86. The van der Waals surface area contributed by atoms with Crippen LogP contribution >= 0.6 is 0 Å². The van der Waals surface area contributed by atoms with Crippen molar-refractivity contribution in [1.29, 1.82) is 0 Å². The van der Waals surface area contributed by atoms with Crippen LogP contribution in [-0.4, -0.2) is 10.7 Å². The standard InChI is InChI=1S/C26H24O/c1-26(27,19-20-11-4-2-5-12-20)25(22-14-6-3-7-15-22)24-18-10-16-21-13-8-9-17-23(21)24/h2-18,25,27H,19H2,1H3. The van der Waals surface area contributed by atoms with Crippen molar-refractivity contribution in [3.63, 3.8) is 0 Å². The molecule has 1 N–H and O–H groups in total. The zero-order valence-electron chi connectivity index (χ0n) is 15.5. The Bertz CT molecular complexity index is 1010. The molecule has 0 aliphatic heterocycles. The van der Waals surface area contributed by atoms with E-state index in [2.05, 4.69) is 66.7 Å². The quantitative estimate of drug-likeness (QED) is 0.469. The summed E-state index contributed by atoms with van der Waals surface area (Å²) < 4.78 is 0. The number of fused-ring (bicyclic) bond motifs is 1. The van der Waals surface area contributed by atoms with E-state index in [1.54, 1.807) is 0 Å². The van der Waals surface area contributed by atoms with Crippen molar-refractivity contribution < 1.29 is 5.11 Å². The number of hydrogen-bond acceptors (Lipinski definition) is 1. The second-order valence-corrected chi connectivity index (χ2v) is 7.43. The van der Waals surface area contributed by atoms with Gasteiger partial charge in [-0.3, -0.25) is 0 Å². The summed E-state index contributed by atoms with van der Waals surface area (Å²) in [6.07, 6.45) is 0.594. The van der Waals surface area contributed by atoms with E-state index in [4.69, 9.17) is 0 Å². The van der Waals surface area contributed by atoms with Gasteiger partial charge in [-0.2, -0.15) is 0 Å². The molecule has 0 heterocycles. The molecule has 0 aliphatic carbocycles. The average molecular weight is 352 g/mol. The van der Waals surface area contributed by atoms with E-state index in [0.29, 0.717) is 6.42 Å². The number of aliphatic hydroxyl groups is 1. The van der Waals surface area contributed by atoms with Gasteiger partial charge in [0.15, 0.2) is 0 Å². The lowest BCUT2D eigenvalue weighted by molar-refractivity contribution is 0.0435. The van der Waals surface area contributed by atoms with Crippen molar-refractivity contribution in [1.82, 2.24) is 0 Å². The van der Waals surface area contributed by atoms with Crippen LogP contribution in [-0.2, 0) is 6.42 Å². The maximum absolute atomic E-state index is 11.7. The fraction of sp³-hybridized carbons (Fsp3) is 0.154. The molecule has 0 fully saturated rings. The number of benzene rings is 4. The largest absolute Gasteiger partial charge is 0.389 e. The summed E-state index contributed by atoms with van der Waals surface area (Å²) in [6.45, 7) is 1.96. The minimum absolute atomic E-state index is 0.120. The maximum Gasteiger partial charge on any atom is 0.0768 e. The van der Waals surface area contributed by atoms with E-state index in [9.17, 15) is 5.11 Å². The van der Waals surface area contributed by atoms with Crippen molar-refractivity contribution in [2.24, 2.45) is 0 Å². The molecule has 0 aliphatic rings. The van der Waals surface area contributed by atoms with E-state index in [0.717, 1.165) is 11.1 Å². The van der Waals surface area contributed by atoms with Gasteiger partial charge in [-0.15, -0.1) is 0 Å². The number of rotatable bonds is 5. The van der Waals surface area contributed by atoms with Gasteiger partial charge >= 0.3 is 0 Å². The van der Waals surface area contributed by atoms with Gasteiger partial charge in [-0.1, -0.05) is 103 Å². The molecule has 0 spiro atoms. The SMILES string of the molecule is CC(O)(Cc1ccccc1)C(c1ccccc1)c1cccc2ccccc12. The summed E-state index contributed by atoms with van der Waals surface area (Å²) in [5.41, 5.74) is 2.52. The summed E-state index contributed by atoms with van der Waals surface area (Å²) in [4.78, 5) is 0. The van der Waals surface area contributed by atoms with E-state index in [1.165, 1.54) is 16.3 Å². The average Bonchev–Trinajstić information content (AvgIpc) is 2.69. The van der Waals surface area contributed by atoms with Gasteiger partial charge in [0.2, 0.25) is 0 Å². The monoisotopic (exact) mass is 352 g/mol. The molecular formula is C26H24O. The van der Waals surface area contributed by atoms with E-state index >= 15 is 0 Å². The van der Waals surface area contributed by atoms with Crippen LogP contribution in [0.25, 0.3) is 10.8 Å². The van der Waals surface area contributed by atoms with Crippen LogP contribution in [0.5, 0.6) is 0 Å². The molecule has 0 aromatic heterocycles.